The number of hydrogen-bond donors (Lipinski definition) is 1. The van der Waals surface area contributed by atoms with E-state index in [4.69, 9.17) is 0 Å². The molecule has 4 nitrogen and oxygen atoms in total. The van der Waals surface area contributed by atoms with E-state index in [9.17, 15) is 0 Å². The van der Waals surface area contributed by atoms with Gasteiger partial charge in [0.05, 0.1) is 35.3 Å². The van der Waals surface area contributed by atoms with Crippen LogP contribution in [0.5, 0.6) is 0 Å². The fraction of sp³-hybridized carbons (Fsp3) is 0.385. The van der Waals surface area contributed by atoms with Gasteiger partial charge in [-0.15, -0.1) is 11.3 Å². The summed E-state index contributed by atoms with van der Waals surface area (Å²) in [4.78, 5) is 10.9. The Kier molecular flexibility index (Phi) is 4.28. The molecule has 0 aromatic carbocycles. The van der Waals surface area contributed by atoms with Gasteiger partial charge in [-0.05, 0) is 26.1 Å². The Labute approximate surface area is 112 Å². The van der Waals surface area contributed by atoms with Crippen LogP contribution < -0.4 is 10.2 Å². The Balaban J connectivity index is 2.04. The monoisotopic (exact) mass is 262 g/mol. The Hall–Kier alpha value is -1.46. The molecule has 2 heterocycles. The van der Waals surface area contributed by atoms with E-state index in [1.54, 1.807) is 11.3 Å². The number of pyridine rings is 1. The first-order chi connectivity index (χ1) is 8.70. The molecule has 0 saturated carbocycles. The van der Waals surface area contributed by atoms with E-state index in [0.29, 0.717) is 0 Å². The van der Waals surface area contributed by atoms with E-state index in [1.165, 1.54) is 0 Å². The molecule has 0 aliphatic carbocycles. The molecule has 0 bridgehead atoms. The standard InChI is InChI=1S/C13H18N4S/c1-10(14-2)13-5-4-12(6-15-13)17(3)7-11-8-18-9-16-11/h4-6,8-10,14H,7H2,1-3H3. The van der Waals surface area contributed by atoms with Crippen molar-refractivity contribution in [3.63, 3.8) is 0 Å². The largest absolute Gasteiger partial charge is 0.367 e. The third-order valence-electron chi connectivity index (χ3n) is 2.97. The quantitative estimate of drug-likeness (QED) is 0.898. The van der Waals surface area contributed by atoms with Crippen LogP contribution in [0.1, 0.15) is 24.4 Å². The number of anilines is 1. The Morgan fingerprint density at radius 2 is 2.22 bits per heavy atom. The molecule has 0 radical (unpaired) electrons. The normalized spacial score (nSPS) is 12.4. The number of rotatable bonds is 5. The van der Waals surface area contributed by atoms with Gasteiger partial charge in [0, 0.05) is 18.5 Å². The zero-order valence-electron chi connectivity index (χ0n) is 10.9. The van der Waals surface area contributed by atoms with Gasteiger partial charge in [0.1, 0.15) is 0 Å². The molecule has 0 aliphatic heterocycles. The number of aromatic nitrogens is 2. The summed E-state index contributed by atoms with van der Waals surface area (Å²) < 4.78 is 0. The van der Waals surface area contributed by atoms with Gasteiger partial charge in [-0.2, -0.15) is 0 Å². The van der Waals surface area contributed by atoms with E-state index in [-0.39, 0.29) is 6.04 Å². The Bertz CT molecular complexity index is 466. The van der Waals surface area contributed by atoms with Gasteiger partial charge >= 0.3 is 0 Å². The van der Waals surface area contributed by atoms with Crippen molar-refractivity contribution < 1.29 is 0 Å². The highest BCUT2D eigenvalue weighted by atomic mass is 32.1. The molecule has 5 heteroatoms. The van der Waals surface area contributed by atoms with Crippen LogP contribution in [-0.2, 0) is 6.54 Å². The number of thiazole rings is 1. The van der Waals surface area contributed by atoms with Crippen LogP contribution in [0.15, 0.2) is 29.2 Å². The van der Waals surface area contributed by atoms with Gasteiger partial charge in [0.15, 0.2) is 0 Å². The fourth-order valence-corrected chi connectivity index (χ4v) is 2.23. The third-order valence-corrected chi connectivity index (χ3v) is 3.61. The average molecular weight is 262 g/mol. The topological polar surface area (TPSA) is 41.0 Å². The second-order valence-electron chi connectivity index (χ2n) is 4.29. The first-order valence-corrected chi connectivity index (χ1v) is 6.86. The molecule has 18 heavy (non-hydrogen) atoms. The number of nitrogens with one attached hydrogen (secondary N) is 1. The molecular weight excluding hydrogens is 244 g/mol. The molecular formula is C13H18N4S. The van der Waals surface area contributed by atoms with Crippen LogP contribution in [0.2, 0.25) is 0 Å². The molecule has 1 unspecified atom stereocenters. The van der Waals surface area contributed by atoms with E-state index in [2.05, 4.69) is 51.7 Å². The van der Waals surface area contributed by atoms with Crippen molar-refractivity contribution in [3.05, 3.63) is 40.6 Å². The van der Waals surface area contributed by atoms with Gasteiger partial charge in [-0.3, -0.25) is 4.98 Å². The summed E-state index contributed by atoms with van der Waals surface area (Å²) in [6.07, 6.45) is 1.91. The lowest BCUT2D eigenvalue weighted by atomic mass is 10.2. The van der Waals surface area contributed by atoms with Crippen LogP contribution in [0.25, 0.3) is 0 Å². The maximum atomic E-state index is 4.48. The first-order valence-electron chi connectivity index (χ1n) is 5.92. The molecule has 0 amide bonds. The summed E-state index contributed by atoms with van der Waals surface area (Å²) in [5.74, 6) is 0. The maximum Gasteiger partial charge on any atom is 0.0795 e. The predicted molar refractivity (Wildman–Crippen MR) is 75.9 cm³/mol. The highest BCUT2D eigenvalue weighted by Crippen LogP contribution is 2.17. The molecule has 1 N–H and O–H groups in total. The molecule has 1 atom stereocenters. The lowest BCUT2D eigenvalue weighted by Gasteiger charge is -2.18. The maximum absolute atomic E-state index is 4.48. The zero-order chi connectivity index (χ0) is 13.0. The number of hydrogen-bond acceptors (Lipinski definition) is 5. The molecule has 2 aromatic heterocycles. The van der Waals surface area contributed by atoms with Crippen molar-refractivity contribution in [3.8, 4) is 0 Å². The molecule has 0 spiro atoms. The molecule has 96 valence electrons. The molecule has 0 saturated heterocycles. The van der Waals surface area contributed by atoms with Crippen molar-refractivity contribution in [2.24, 2.45) is 0 Å². The van der Waals surface area contributed by atoms with Crippen molar-refractivity contribution >= 4 is 17.0 Å². The van der Waals surface area contributed by atoms with E-state index in [0.717, 1.165) is 23.6 Å². The lowest BCUT2D eigenvalue weighted by Crippen LogP contribution is -2.18. The first kappa shape index (κ1) is 13.0. The summed E-state index contributed by atoms with van der Waals surface area (Å²) in [6, 6.07) is 4.44. The van der Waals surface area contributed by atoms with E-state index >= 15 is 0 Å². The second kappa shape index (κ2) is 5.93. The molecule has 2 rings (SSSR count). The van der Waals surface area contributed by atoms with Crippen LogP contribution in [0, 0.1) is 0 Å². The highest BCUT2D eigenvalue weighted by molar-refractivity contribution is 7.07. The summed E-state index contributed by atoms with van der Waals surface area (Å²) in [7, 11) is 3.99. The van der Waals surface area contributed by atoms with Crippen LogP contribution in [0.3, 0.4) is 0 Å². The van der Waals surface area contributed by atoms with Crippen LogP contribution >= 0.6 is 11.3 Å². The minimum Gasteiger partial charge on any atom is -0.367 e. The Morgan fingerprint density at radius 3 is 2.78 bits per heavy atom. The predicted octanol–water partition coefficient (Wildman–Crippen LogP) is 2.45. The van der Waals surface area contributed by atoms with Gasteiger partial charge in [-0.25, -0.2) is 4.98 Å². The van der Waals surface area contributed by atoms with Crippen molar-refractivity contribution in [1.82, 2.24) is 15.3 Å². The summed E-state index contributed by atoms with van der Waals surface area (Å²) in [6.45, 7) is 2.91. The average Bonchev–Trinajstić information content (AvgIpc) is 2.91. The number of nitrogens with zero attached hydrogens (tertiary/aromatic N) is 3. The zero-order valence-corrected chi connectivity index (χ0v) is 11.7. The smallest absolute Gasteiger partial charge is 0.0795 e. The minimum atomic E-state index is 0.280. The van der Waals surface area contributed by atoms with E-state index in [1.807, 2.05) is 18.8 Å². The third kappa shape index (κ3) is 3.05. The lowest BCUT2D eigenvalue weighted by molar-refractivity contribution is 0.632. The van der Waals surface area contributed by atoms with Crippen LogP contribution in [-0.4, -0.2) is 24.1 Å². The van der Waals surface area contributed by atoms with Crippen molar-refractivity contribution in [2.75, 3.05) is 19.0 Å². The minimum absolute atomic E-state index is 0.280. The van der Waals surface area contributed by atoms with E-state index < -0.39 is 0 Å². The SMILES string of the molecule is CNC(C)c1ccc(N(C)Cc2cscn2)cn1. The summed E-state index contributed by atoms with van der Waals surface area (Å²) in [5.41, 5.74) is 5.12. The Morgan fingerprint density at radius 1 is 1.39 bits per heavy atom. The summed E-state index contributed by atoms with van der Waals surface area (Å²) >= 11 is 1.62. The van der Waals surface area contributed by atoms with Gasteiger partial charge < -0.3 is 10.2 Å². The van der Waals surface area contributed by atoms with Gasteiger partial charge in [0.2, 0.25) is 0 Å². The van der Waals surface area contributed by atoms with Crippen molar-refractivity contribution in [2.45, 2.75) is 19.5 Å². The molecule has 0 fully saturated rings. The molecule has 2 aromatic rings. The second-order valence-corrected chi connectivity index (χ2v) is 5.01. The molecule has 0 aliphatic rings. The highest BCUT2D eigenvalue weighted by Gasteiger charge is 2.07. The fourth-order valence-electron chi connectivity index (χ4n) is 1.68. The van der Waals surface area contributed by atoms with Gasteiger partial charge in [-0.1, -0.05) is 0 Å². The van der Waals surface area contributed by atoms with Gasteiger partial charge in [0.25, 0.3) is 0 Å². The summed E-state index contributed by atoms with van der Waals surface area (Å²) in [5, 5.41) is 5.25. The van der Waals surface area contributed by atoms with Crippen molar-refractivity contribution in [1.29, 1.82) is 0 Å². The van der Waals surface area contributed by atoms with Crippen LogP contribution in [0.4, 0.5) is 5.69 Å².